The number of tetrazole rings is 1. The van der Waals surface area contributed by atoms with Crippen molar-refractivity contribution in [3.8, 4) is 0 Å². The molecule has 2 heterocycles. The largest absolute Gasteiger partial charge is 0.315 e. The number of thioether (sulfide) groups is 1. The second kappa shape index (κ2) is 7.96. The summed E-state index contributed by atoms with van der Waals surface area (Å²) in [7, 11) is 0. The van der Waals surface area contributed by atoms with Crippen molar-refractivity contribution < 1.29 is 0 Å². The highest BCUT2D eigenvalue weighted by Gasteiger charge is 2.06. The standard InChI is InChI=1S/C13H20N6S/c1-11(2)9-15-7-8-19-13(16-17-18-19)20-10-12-3-5-14-6-4-12/h3-6,11,15H,7-10H2,1-2H3. The molecule has 7 heteroatoms. The number of pyridine rings is 1. The summed E-state index contributed by atoms with van der Waals surface area (Å²) >= 11 is 1.64. The molecule has 2 aromatic heterocycles. The van der Waals surface area contributed by atoms with E-state index in [1.54, 1.807) is 24.2 Å². The van der Waals surface area contributed by atoms with E-state index >= 15 is 0 Å². The van der Waals surface area contributed by atoms with Crippen LogP contribution in [0.15, 0.2) is 29.7 Å². The number of nitrogens with one attached hydrogen (secondary N) is 1. The van der Waals surface area contributed by atoms with Gasteiger partial charge < -0.3 is 5.32 Å². The summed E-state index contributed by atoms with van der Waals surface area (Å²) in [5, 5.41) is 16.1. The van der Waals surface area contributed by atoms with Crippen molar-refractivity contribution >= 4 is 11.8 Å². The van der Waals surface area contributed by atoms with Crippen LogP contribution in [-0.2, 0) is 12.3 Å². The van der Waals surface area contributed by atoms with Gasteiger partial charge in [0.15, 0.2) is 0 Å². The van der Waals surface area contributed by atoms with Crippen molar-refractivity contribution in [2.75, 3.05) is 13.1 Å². The number of hydrogen-bond donors (Lipinski definition) is 1. The molecule has 0 saturated carbocycles. The monoisotopic (exact) mass is 292 g/mol. The maximum Gasteiger partial charge on any atom is 0.209 e. The number of aromatic nitrogens is 5. The SMILES string of the molecule is CC(C)CNCCn1nnnc1SCc1ccncc1. The molecular weight excluding hydrogens is 272 g/mol. The number of rotatable bonds is 8. The van der Waals surface area contributed by atoms with Gasteiger partial charge in [0, 0.05) is 24.7 Å². The first kappa shape index (κ1) is 14.9. The molecule has 0 radical (unpaired) electrons. The third-order valence-corrected chi connectivity index (χ3v) is 3.70. The summed E-state index contributed by atoms with van der Waals surface area (Å²) in [6, 6.07) is 4.01. The minimum atomic E-state index is 0.657. The van der Waals surface area contributed by atoms with Crippen LogP contribution in [0, 0.1) is 5.92 Å². The Bertz CT molecular complexity index is 499. The number of hydrogen-bond acceptors (Lipinski definition) is 6. The van der Waals surface area contributed by atoms with E-state index in [2.05, 4.69) is 39.7 Å². The molecule has 2 rings (SSSR count). The van der Waals surface area contributed by atoms with Gasteiger partial charge in [-0.3, -0.25) is 4.98 Å². The molecule has 0 aliphatic rings. The summed E-state index contributed by atoms with van der Waals surface area (Å²) in [6.07, 6.45) is 3.60. The Morgan fingerprint density at radius 1 is 1.30 bits per heavy atom. The van der Waals surface area contributed by atoms with Crippen molar-refractivity contribution in [1.29, 1.82) is 0 Å². The highest BCUT2D eigenvalue weighted by Crippen LogP contribution is 2.18. The van der Waals surface area contributed by atoms with E-state index in [1.807, 2.05) is 16.8 Å². The van der Waals surface area contributed by atoms with Crippen LogP contribution in [0.5, 0.6) is 0 Å². The van der Waals surface area contributed by atoms with E-state index in [4.69, 9.17) is 0 Å². The lowest BCUT2D eigenvalue weighted by atomic mass is 10.2. The highest BCUT2D eigenvalue weighted by molar-refractivity contribution is 7.98. The highest BCUT2D eigenvalue weighted by atomic mass is 32.2. The van der Waals surface area contributed by atoms with Gasteiger partial charge in [-0.15, -0.1) is 5.10 Å². The van der Waals surface area contributed by atoms with Gasteiger partial charge in [-0.05, 0) is 40.6 Å². The first-order valence-corrected chi connectivity index (χ1v) is 7.73. The molecule has 0 amide bonds. The Labute approximate surface area is 123 Å². The molecule has 20 heavy (non-hydrogen) atoms. The fraction of sp³-hybridized carbons (Fsp3) is 0.538. The van der Waals surface area contributed by atoms with Crippen molar-refractivity contribution in [2.45, 2.75) is 31.3 Å². The summed E-state index contributed by atoms with van der Waals surface area (Å²) in [5.74, 6) is 1.51. The van der Waals surface area contributed by atoms with Gasteiger partial charge in [-0.1, -0.05) is 25.6 Å². The topological polar surface area (TPSA) is 68.5 Å². The Hall–Kier alpha value is -1.47. The van der Waals surface area contributed by atoms with Gasteiger partial charge in [0.2, 0.25) is 5.16 Å². The molecule has 0 unspecified atom stereocenters. The van der Waals surface area contributed by atoms with E-state index < -0.39 is 0 Å². The van der Waals surface area contributed by atoms with Crippen LogP contribution in [0.4, 0.5) is 0 Å². The Morgan fingerprint density at radius 3 is 2.85 bits per heavy atom. The lowest BCUT2D eigenvalue weighted by Gasteiger charge is -2.08. The van der Waals surface area contributed by atoms with Crippen molar-refractivity contribution in [3.05, 3.63) is 30.1 Å². The Morgan fingerprint density at radius 2 is 2.10 bits per heavy atom. The smallest absolute Gasteiger partial charge is 0.209 e. The summed E-state index contributed by atoms with van der Waals surface area (Å²) in [5.41, 5.74) is 1.22. The van der Waals surface area contributed by atoms with Crippen molar-refractivity contribution in [3.63, 3.8) is 0 Å². The van der Waals surface area contributed by atoms with Crippen LogP contribution in [0.25, 0.3) is 0 Å². The van der Waals surface area contributed by atoms with Gasteiger partial charge in [0.05, 0.1) is 6.54 Å². The third-order valence-electron chi connectivity index (χ3n) is 2.67. The zero-order chi connectivity index (χ0) is 14.2. The first-order chi connectivity index (χ1) is 9.75. The van der Waals surface area contributed by atoms with Gasteiger partial charge in [-0.25, -0.2) is 4.68 Å². The van der Waals surface area contributed by atoms with Crippen molar-refractivity contribution in [2.24, 2.45) is 5.92 Å². The second-order valence-corrected chi connectivity index (χ2v) is 5.87. The molecule has 0 atom stereocenters. The predicted octanol–water partition coefficient (Wildman–Crippen LogP) is 1.61. The molecule has 0 aromatic carbocycles. The number of nitrogens with zero attached hydrogens (tertiary/aromatic N) is 5. The van der Waals surface area contributed by atoms with Crippen LogP contribution in [0.2, 0.25) is 0 Å². The summed E-state index contributed by atoms with van der Waals surface area (Å²) < 4.78 is 1.85. The molecule has 0 saturated heterocycles. The first-order valence-electron chi connectivity index (χ1n) is 6.74. The summed E-state index contributed by atoms with van der Waals surface area (Å²) in [6.45, 7) is 7.08. The normalized spacial score (nSPS) is 11.2. The molecule has 0 bridgehead atoms. The van der Waals surface area contributed by atoms with Crippen LogP contribution in [0.3, 0.4) is 0 Å². The fourth-order valence-electron chi connectivity index (χ4n) is 1.64. The maximum atomic E-state index is 4.07. The van der Waals surface area contributed by atoms with E-state index in [0.29, 0.717) is 5.92 Å². The molecule has 0 aliphatic heterocycles. The Kier molecular flexibility index (Phi) is 5.94. The zero-order valence-electron chi connectivity index (χ0n) is 11.9. The van der Waals surface area contributed by atoms with E-state index in [1.165, 1.54) is 5.56 Å². The van der Waals surface area contributed by atoms with Crippen LogP contribution >= 0.6 is 11.8 Å². The average Bonchev–Trinajstić information content (AvgIpc) is 2.90. The second-order valence-electron chi connectivity index (χ2n) is 4.93. The molecule has 108 valence electrons. The van der Waals surface area contributed by atoms with Crippen molar-refractivity contribution in [1.82, 2.24) is 30.5 Å². The van der Waals surface area contributed by atoms with E-state index in [0.717, 1.165) is 30.5 Å². The fourth-order valence-corrected chi connectivity index (χ4v) is 2.50. The molecule has 1 N–H and O–H groups in total. The molecule has 6 nitrogen and oxygen atoms in total. The van der Waals surface area contributed by atoms with Crippen LogP contribution < -0.4 is 5.32 Å². The van der Waals surface area contributed by atoms with Gasteiger partial charge in [0.1, 0.15) is 0 Å². The van der Waals surface area contributed by atoms with Crippen LogP contribution in [-0.4, -0.2) is 38.3 Å². The van der Waals surface area contributed by atoms with E-state index in [-0.39, 0.29) is 0 Å². The van der Waals surface area contributed by atoms with E-state index in [9.17, 15) is 0 Å². The lowest BCUT2D eigenvalue weighted by Crippen LogP contribution is -2.24. The summed E-state index contributed by atoms with van der Waals surface area (Å²) in [4.78, 5) is 4.01. The minimum absolute atomic E-state index is 0.657. The molecule has 0 fully saturated rings. The van der Waals surface area contributed by atoms with Gasteiger partial charge in [-0.2, -0.15) is 0 Å². The van der Waals surface area contributed by atoms with Gasteiger partial charge >= 0.3 is 0 Å². The molecular formula is C13H20N6S. The molecule has 0 spiro atoms. The Balaban J connectivity index is 1.79. The zero-order valence-corrected chi connectivity index (χ0v) is 12.7. The lowest BCUT2D eigenvalue weighted by molar-refractivity contribution is 0.482. The molecule has 2 aromatic rings. The van der Waals surface area contributed by atoms with Crippen LogP contribution in [0.1, 0.15) is 19.4 Å². The quantitative estimate of drug-likeness (QED) is 0.589. The van der Waals surface area contributed by atoms with Gasteiger partial charge in [0.25, 0.3) is 0 Å². The third kappa shape index (κ3) is 4.90. The maximum absolute atomic E-state index is 4.07. The minimum Gasteiger partial charge on any atom is -0.315 e. The molecule has 0 aliphatic carbocycles. The predicted molar refractivity (Wildman–Crippen MR) is 79.3 cm³/mol. The average molecular weight is 292 g/mol.